The Hall–Kier alpha value is -2.88. The molecular weight excluding hydrogens is 328 g/mol. The van der Waals surface area contributed by atoms with Gasteiger partial charge in [0.25, 0.3) is 0 Å². The molecule has 3 aromatic carbocycles. The molecule has 0 N–H and O–H groups in total. The molecular formula is C21H14F4. The minimum Gasteiger partial charge on any atom is -0.204 e. The fourth-order valence-corrected chi connectivity index (χ4v) is 2.48. The van der Waals surface area contributed by atoms with Crippen LogP contribution in [0, 0.1) is 30.2 Å². The van der Waals surface area contributed by atoms with Crippen LogP contribution in [0.5, 0.6) is 0 Å². The van der Waals surface area contributed by atoms with Gasteiger partial charge in [0.2, 0.25) is 0 Å². The standard InChI is InChI=1S/C21H14F4/c1-13-5-12-17(21(25)19(13)23)15-9-6-14(7-10-15)8-11-16-3-2-4-18(22)20(16)24/h2-12H,1H3/b11-8+. The maximum atomic E-state index is 14.0. The lowest BCUT2D eigenvalue weighted by molar-refractivity contribution is 0.505. The van der Waals surface area contributed by atoms with E-state index in [9.17, 15) is 17.6 Å². The fraction of sp³-hybridized carbons (Fsp3) is 0.0476. The van der Waals surface area contributed by atoms with E-state index in [1.54, 1.807) is 30.3 Å². The van der Waals surface area contributed by atoms with Gasteiger partial charge in [-0.15, -0.1) is 0 Å². The Morgan fingerprint density at radius 1 is 0.680 bits per heavy atom. The monoisotopic (exact) mass is 342 g/mol. The van der Waals surface area contributed by atoms with Crippen molar-refractivity contribution in [2.45, 2.75) is 6.92 Å². The Labute approximate surface area is 143 Å². The van der Waals surface area contributed by atoms with Crippen molar-refractivity contribution in [3.05, 3.63) is 94.6 Å². The first-order valence-electron chi connectivity index (χ1n) is 7.64. The molecule has 126 valence electrons. The highest BCUT2D eigenvalue weighted by molar-refractivity contribution is 5.72. The van der Waals surface area contributed by atoms with E-state index in [-0.39, 0.29) is 16.7 Å². The summed E-state index contributed by atoms with van der Waals surface area (Å²) < 4.78 is 54.5. The van der Waals surface area contributed by atoms with E-state index in [0.29, 0.717) is 5.56 Å². The molecule has 0 spiro atoms. The second kappa shape index (κ2) is 6.93. The lowest BCUT2D eigenvalue weighted by Crippen LogP contribution is -1.93. The fourth-order valence-electron chi connectivity index (χ4n) is 2.48. The zero-order valence-electron chi connectivity index (χ0n) is 13.4. The molecule has 0 amide bonds. The number of benzene rings is 3. The van der Waals surface area contributed by atoms with Gasteiger partial charge in [-0.1, -0.05) is 60.7 Å². The summed E-state index contributed by atoms with van der Waals surface area (Å²) in [5.41, 5.74) is 1.81. The first-order chi connectivity index (χ1) is 12.0. The highest BCUT2D eigenvalue weighted by Gasteiger charge is 2.12. The summed E-state index contributed by atoms with van der Waals surface area (Å²) in [6.07, 6.45) is 3.08. The zero-order chi connectivity index (χ0) is 18.0. The first kappa shape index (κ1) is 17.0. The van der Waals surface area contributed by atoms with Crippen molar-refractivity contribution < 1.29 is 17.6 Å². The molecule has 3 aromatic rings. The lowest BCUT2D eigenvalue weighted by Gasteiger charge is -2.06. The summed E-state index contributed by atoms with van der Waals surface area (Å²) in [5, 5.41) is 0. The third-order valence-electron chi connectivity index (χ3n) is 3.93. The lowest BCUT2D eigenvalue weighted by atomic mass is 10.0. The van der Waals surface area contributed by atoms with Gasteiger partial charge in [0, 0.05) is 11.1 Å². The molecule has 0 aromatic heterocycles. The van der Waals surface area contributed by atoms with Crippen LogP contribution in [0.3, 0.4) is 0 Å². The molecule has 0 aliphatic carbocycles. The van der Waals surface area contributed by atoms with Crippen molar-refractivity contribution in [1.29, 1.82) is 0 Å². The highest BCUT2D eigenvalue weighted by atomic mass is 19.2. The Morgan fingerprint density at radius 3 is 2.12 bits per heavy atom. The Bertz CT molecular complexity index is 941. The van der Waals surface area contributed by atoms with Crippen molar-refractivity contribution in [3.63, 3.8) is 0 Å². The van der Waals surface area contributed by atoms with Gasteiger partial charge in [0.1, 0.15) is 0 Å². The van der Waals surface area contributed by atoms with Gasteiger partial charge in [-0.05, 0) is 29.7 Å². The van der Waals surface area contributed by atoms with Crippen molar-refractivity contribution >= 4 is 12.2 Å². The minimum absolute atomic E-state index is 0.135. The number of hydrogen-bond donors (Lipinski definition) is 0. The van der Waals surface area contributed by atoms with E-state index in [4.69, 9.17) is 0 Å². The molecule has 0 heterocycles. The van der Waals surface area contributed by atoms with Crippen LogP contribution in [0.4, 0.5) is 17.6 Å². The van der Waals surface area contributed by atoms with Gasteiger partial charge in [0.05, 0.1) is 0 Å². The topological polar surface area (TPSA) is 0 Å². The molecule has 0 nitrogen and oxygen atoms in total. The summed E-state index contributed by atoms with van der Waals surface area (Å²) in [7, 11) is 0. The third-order valence-corrected chi connectivity index (χ3v) is 3.93. The number of rotatable bonds is 3. The Kier molecular flexibility index (Phi) is 4.70. The van der Waals surface area contributed by atoms with Gasteiger partial charge >= 0.3 is 0 Å². The average molecular weight is 342 g/mol. The second-order valence-electron chi connectivity index (χ2n) is 5.66. The van der Waals surface area contributed by atoms with Gasteiger partial charge in [-0.3, -0.25) is 0 Å². The Balaban J connectivity index is 1.87. The average Bonchev–Trinajstić information content (AvgIpc) is 2.62. The molecule has 0 aliphatic rings. The summed E-state index contributed by atoms with van der Waals surface area (Å²) in [4.78, 5) is 0. The Morgan fingerprint density at radius 2 is 1.40 bits per heavy atom. The van der Waals surface area contributed by atoms with Crippen LogP contribution in [-0.4, -0.2) is 0 Å². The number of halogens is 4. The molecule has 25 heavy (non-hydrogen) atoms. The van der Waals surface area contributed by atoms with Crippen LogP contribution in [-0.2, 0) is 0 Å². The molecule has 0 fully saturated rings. The van der Waals surface area contributed by atoms with Gasteiger partial charge in [-0.2, -0.15) is 0 Å². The largest absolute Gasteiger partial charge is 0.204 e. The van der Waals surface area contributed by atoms with Gasteiger partial charge in [0.15, 0.2) is 23.3 Å². The quantitative estimate of drug-likeness (QED) is 0.382. The molecule has 0 bridgehead atoms. The van der Waals surface area contributed by atoms with E-state index in [1.165, 1.54) is 37.3 Å². The SMILES string of the molecule is Cc1ccc(-c2ccc(/C=C/c3cccc(F)c3F)cc2)c(F)c1F. The number of aryl methyl sites for hydroxylation is 1. The molecule has 0 saturated heterocycles. The van der Waals surface area contributed by atoms with Crippen LogP contribution in [0.15, 0.2) is 54.6 Å². The van der Waals surface area contributed by atoms with E-state index >= 15 is 0 Å². The van der Waals surface area contributed by atoms with E-state index < -0.39 is 23.3 Å². The van der Waals surface area contributed by atoms with E-state index in [0.717, 1.165) is 11.6 Å². The third kappa shape index (κ3) is 3.48. The van der Waals surface area contributed by atoms with Crippen LogP contribution in [0.1, 0.15) is 16.7 Å². The van der Waals surface area contributed by atoms with E-state index in [2.05, 4.69) is 0 Å². The predicted molar refractivity (Wildman–Crippen MR) is 91.8 cm³/mol. The van der Waals surface area contributed by atoms with Crippen LogP contribution >= 0.6 is 0 Å². The molecule has 3 rings (SSSR count). The van der Waals surface area contributed by atoms with Crippen LogP contribution in [0.25, 0.3) is 23.3 Å². The molecule has 0 radical (unpaired) electrons. The molecule has 0 saturated carbocycles. The van der Waals surface area contributed by atoms with Crippen molar-refractivity contribution in [1.82, 2.24) is 0 Å². The van der Waals surface area contributed by atoms with Crippen LogP contribution < -0.4 is 0 Å². The first-order valence-corrected chi connectivity index (χ1v) is 7.64. The molecule has 0 atom stereocenters. The second-order valence-corrected chi connectivity index (χ2v) is 5.66. The smallest absolute Gasteiger partial charge is 0.166 e. The maximum Gasteiger partial charge on any atom is 0.166 e. The van der Waals surface area contributed by atoms with Crippen molar-refractivity contribution in [3.8, 4) is 11.1 Å². The molecule has 0 unspecified atom stereocenters. The molecule has 0 aliphatic heterocycles. The summed E-state index contributed by atoms with van der Waals surface area (Å²) >= 11 is 0. The molecule has 4 heteroatoms. The maximum absolute atomic E-state index is 14.0. The van der Waals surface area contributed by atoms with Crippen molar-refractivity contribution in [2.24, 2.45) is 0 Å². The van der Waals surface area contributed by atoms with Crippen LogP contribution in [0.2, 0.25) is 0 Å². The number of hydrogen-bond acceptors (Lipinski definition) is 0. The highest BCUT2D eigenvalue weighted by Crippen LogP contribution is 2.27. The predicted octanol–water partition coefficient (Wildman–Crippen LogP) is 6.39. The van der Waals surface area contributed by atoms with E-state index in [1.807, 2.05) is 0 Å². The summed E-state index contributed by atoms with van der Waals surface area (Å²) in [6.45, 7) is 1.50. The van der Waals surface area contributed by atoms with Gasteiger partial charge < -0.3 is 0 Å². The van der Waals surface area contributed by atoms with Gasteiger partial charge in [-0.25, -0.2) is 17.6 Å². The van der Waals surface area contributed by atoms with Crippen molar-refractivity contribution in [2.75, 3.05) is 0 Å². The summed E-state index contributed by atoms with van der Waals surface area (Å²) in [5.74, 6) is -3.56. The zero-order valence-corrected chi connectivity index (χ0v) is 13.4. The minimum atomic E-state index is -0.910. The summed E-state index contributed by atoms with van der Waals surface area (Å²) in [6, 6.07) is 13.7. The normalized spacial score (nSPS) is 11.2.